The Morgan fingerprint density at radius 1 is 1.37 bits per heavy atom. The molecule has 102 valence electrons. The van der Waals surface area contributed by atoms with Crippen molar-refractivity contribution in [2.45, 2.75) is 26.7 Å². The topological polar surface area (TPSA) is 46.6 Å². The van der Waals surface area contributed by atoms with Gasteiger partial charge in [0.25, 0.3) is 0 Å². The summed E-state index contributed by atoms with van der Waals surface area (Å²) in [7, 11) is 0. The van der Waals surface area contributed by atoms with E-state index >= 15 is 0 Å². The van der Waals surface area contributed by atoms with Crippen LogP contribution in [0.5, 0.6) is 0 Å². The minimum Gasteiger partial charge on any atom is -0.466 e. The van der Waals surface area contributed by atoms with Gasteiger partial charge in [0.15, 0.2) is 0 Å². The van der Waals surface area contributed by atoms with Crippen LogP contribution in [-0.2, 0) is 20.7 Å². The Bertz CT molecular complexity index is 484. The lowest BCUT2D eigenvalue weighted by Gasteiger charge is -2.19. The Hall–Kier alpha value is -1.84. The molecule has 4 heteroatoms. The number of ether oxygens (including phenoxy) is 1. The molecule has 1 aliphatic rings. The van der Waals surface area contributed by atoms with E-state index in [1.807, 2.05) is 24.3 Å². The number of anilines is 1. The molecule has 1 saturated heterocycles. The number of nitrogens with zero attached hydrogens (tertiary/aromatic N) is 1. The molecule has 19 heavy (non-hydrogen) atoms. The van der Waals surface area contributed by atoms with Crippen molar-refractivity contribution in [3.8, 4) is 0 Å². The number of benzene rings is 1. The molecule has 0 aliphatic carbocycles. The molecule has 1 aliphatic heterocycles. The third kappa shape index (κ3) is 2.78. The highest BCUT2D eigenvalue weighted by molar-refractivity contribution is 6.00. The molecular weight excluding hydrogens is 242 g/mol. The van der Waals surface area contributed by atoms with Gasteiger partial charge in [0.2, 0.25) is 5.91 Å². The highest BCUT2D eigenvalue weighted by Gasteiger charge is 2.36. The van der Waals surface area contributed by atoms with E-state index in [1.54, 1.807) is 11.8 Å². The highest BCUT2D eigenvalue weighted by Crippen LogP contribution is 2.28. The molecule has 1 amide bonds. The number of aryl methyl sites for hydroxylation is 1. The molecular formula is C15H19NO3. The van der Waals surface area contributed by atoms with Crippen LogP contribution in [0.1, 0.15) is 25.8 Å². The molecule has 1 fully saturated rings. The second-order valence-electron chi connectivity index (χ2n) is 4.64. The smallest absolute Gasteiger partial charge is 0.311 e. The lowest BCUT2D eigenvalue weighted by Crippen LogP contribution is -2.27. The molecule has 1 aromatic rings. The van der Waals surface area contributed by atoms with Crippen molar-refractivity contribution in [1.29, 1.82) is 0 Å². The molecule has 1 heterocycles. The molecule has 0 aromatic heterocycles. The molecule has 1 unspecified atom stereocenters. The van der Waals surface area contributed by atoms with Crippen molar-refractivity contribution >= 4 is 17.6 Å². The third-order valence-corrected chi connectivity index (χ3v) is 3.41. The predicted molar refractivity (Wildman–Crippen MR) is 72.9 cm³/mol. The first kappa shape index (κ1) is 13.6. The van der Waals surface area contributed by atoms with Crippen molar-refractivity contribution in [1.82, 2.24) is 0 Å². The standard InChI is InChI=1S/C15H19NO3/c1-3-11-7-5-6-8-13(11)16-10-12(9-14(16)17)15(18)19-4-2/h5-8,12H,3-4,9-10H2,1-2H3. The Morgan fingerprint density at radius 3 is 2.79 bits per heavy atom. The highest BCUT2D eigenvalue weighted by atomic mass is 16.5. The summed E-state index contributed by atoms with van der Waals surface area (Å²) in [5.74, 6) is -0.608. The average molecular weight is 261 g/mol. The maximum absolute atomic E-state index is 12.1. The fraction of sp³-hybridized carbons (Fsp3) is 0.467. The van der Waals surface area contributed by atoms with E-state index in [2.05, 4.69) is 6.92 Å². The van der Waals surface area contributed by atoms with Gasteiger partial charge in [-0.1, -0.05) is 25.1 Å². The Balaban J connectivity index is 2.18. The molecule has 0 saturated carbocycles. The first-order valence-corrected chi connectivity index (χ1v) is 6.72. The second-order valence-corrected chi connectivity index (χ2v) is 4.64. The summed E-state index contributed by atoms with van der Waals surface area (Å²) in [6.45, 7) is 4.62. The van der Waals surface area contributed by atoms with Crippen LogP contribution in [0.25, 0.3) is 0 Å². The zero-order valence-corrected chi connectivity index (χ0v) is 11.4. The predicted octanol–water partition coefficient (Wildman–Crippen LogP) is 2.17. The van der Waals surface area contributed by atoms with Gasteiger partial charge in [-0.3, -0.25) is 9.59 Å². The van der Waals surface area contributed by atoms with E-state index < -0.39 is 0 Å². The van der Waals surface area contributed by atoms with Crippen LogP contribution in [0.3, 0.4) is 0 Å². The van der Waals surface area contributed by atoms with E-state index in [4.69, 9.17) is 4.74 Å². The molecule has 1 atom stereocenters. The van der Waals surface area contributed by atoms with Gasteiger partial charge in [-0.2, -0.15) is 0 Å². The number of rotatable bonds is 4. The van der Waals surface area contributed by atoms with Crippen molar-refractivity contribution in [3.05, 3.63) is 29.8 Å². The quantitative estimate of drug-likeness (QED) is 0.780. The first-order valence-electron chi connectivity index (χ1n) is 6.72. The van der Waals surface area contributed by atoms with Gasteiger partial charge < -0.3 is 9.64 Å². The molecule has 0 N–H and O–H groups in total. The SMILES string of the molecule is CCOC(=O)C1CC(=O)N(c2ccccc2CC)C1. The van der Waals surface area contributed by atoms with E-state index in [-0.39, 0.29) is 24.2 Å². The first-order chi connectivity index (χ1) is 9.17. The Kier molecular flexibility index (Phi) is 4.20. The second kappa shape index (κ2) is 5.87. The number of esters is 1. The summed E-state index contributed by atoms with van der Waals surface area (Å²) in [4.78, 5) is 25.5. The van der Waals surface area contributed by atoms with Gasteiger partial charge in [0, 0.05) is 18.7 Å². The van der Waals surface area contributed by atoms with Gasteiger partial charge >= 0.3 is 5.97 Å². The van der Waals surface area contributed by atoms with Crippen molar-refractivity contribution in [3.63, 3.8) is 0 Å². The van der Waals surface area contributed by atoms with Crippen molar-refractivity contribution in [2.75, 3.05) is 18.1 Å². The number of amides is 1. The monoisotopic (exact) mass is 261 g/mol. The van der Waals surface area contributed by atoms with Gasteiger partial charge in [0.05, 0.1) is 12.5 Å². The summed E-state index contributed by atoms with van der Waals surface area (Å²) in [5, 5.41) is 0. The van der Waals surface area contributed by atoms with E-state index in [1.165, 1.54) is 0 Å². The lowest BCUT2D eigenvalue weighted by molar-refractivity contribution is -0.147. The van der Waals surface area contributed by atoms with Crippen LogP contribution in [0.15, 0.2) is 24.3 Å². The zero-order chi connectivity index (χ0) is 13.8. The number of para-hydroxylation sites is 1. The summed E-state index contributed by atoms with van der Waals surface area (Å²) >= 11 is 0. The van der Waals surface area contributed by atoms with E-state index in [0.717, 1.165) is 17.7 Å². The maximum atomic E-state index is 12.1. The average Bonchev–Trinajstić information content (AvgIpc) is 2.81. The number of hydrogen-bond donors (Lipinski definition) is 0. The van der Waals surface area contributed by atoms with Crippen LogP contribution < -0.4 is 4.90 Å². The van der Waals surface area contributed by atoms with Crippen molar-refractivity contribution in [2.24, 2.45) is 5.92 Å². The molecule has 2 rings (SSSR count). The third-order valence-electron chi connectivity index (χ3n) is 3.41. The van der Waals surface area contributed by atoms with E-state index in [0.29, 0.717) is 13.2 Å². The zero-order valence-electron chi connectivity index (χ0n) is 11.4. The summed E-state index contributed by atoms with van der Waals surface area (Å²) in [6.07, 6.45) is 1.11. The lowest BCUT2D eigenvalue weighted by atomic mass is 10.1. The number of carbonyl (C=O) groups excluding carboxylic acids is 2. The fourth-order valence-electron chi connectivity index (χ4n) is 2.43. The number of carbonyl (C=O) groups is 2. The molecule has 0 bridgehead atoms. The van der Waals surface area contributed by atoms with Gasteiger partial charge in [-0.15, -0.1) is 0 Å². The van der Waals surface area contributed by atoms with Crippen LogP contribution in [0.2, 0.25) is 0 Å². The summed E-state index contributed by atoms with van der Waals surface area (Å²) in [5.41, 5.74) is 2.04. The maximum Gasteiger partial charge on any atom is 0.311 e. The molecule has 0 spiro atoms. The number of hydrogen-bond acceptors (Lipinski definition) is 3. The van der Waals surface area contributed by atoms with Crippen LogP contribution in [-0.4, -0.2) is 25.0 Å². The summed E-state index contributed by atoms with van der Waals surface area (Å²) in [6, 6.07) is 7.83. The van der Waals surface area contributed by atoms with Gasteiger partial charge in [-0.05, 0) is 25.0 Å². The Labute approximate surface area is 113 Å². The van der Waals surface area contributed by atoms with E-state index in [9.17, 15) is 9.59 Å². The van der Waals surface area contributed by atoms with Crippen molar-refractivity contribution < 1.29 is 14.3 Å². The fourth-order valence-corrected chi connectivity index (χ4v) is 2.43. The Morgan fingerprint density at radius 2 is 2.11 bits per heavy atom. The summed E-state index contributed by atoms with van der Waals surface area (Å²) < 4.78 is 5.00. The normalized spacial score (nSPS) is 18.7. The largest absolute Gasteiger partial charge is 0.466 e. The van der Waals surface area contributed by atoms with Crippen LogP contribution in [0.4, 0.5) is 5.69 Å². The van der Waals surface area contributed by atoms with Gasteiger partial charge in [0.1, 0.15) is 0 Å². The molecule has 1 aromatic carbocycles. The van der Waals surface area contributed by atoms with Gasteiger partial charge in [-0.25, -0.2) is 0 Å². The molecule has 0 radical (unpaired) electrons. The molecule has 4 nitrogen and oxygen atoms in total. The minimum absolute atomic E-state index is 0.000969. The van der Waals surface area contributed by atoms with Crippen LogP contribution in [0, 0.1) is 5.92 Å². The minimum atomic E-state index is -0.336. The van der Waals surface area contributed by atoms with Crippen LogP contribution >= 0.6 is 0 Å².